The first kappa shape index (κ1) is 17.0. The summed E-state index contributed by atoms with van der Waals surface area (Å²) in [7, 11) is 0. The Morgan fingerprint density at radius 3 is 2.68 bits per heavy atom. The zero-order chi connectivity index (χ0) is 15.8. The highest BCUT2D eigenvalue weighted by Gasteiger charge is 2.27. The van der Waals surface area contributed by atoms with E-state index in [2.05, 4.69) is 29.7 Å². The summed E-state index contributed by atoms with van der Waals surface area (Å²) < 4.78 is 0. The Morgan fingerprint density at radius 2 is 2.05 bits per heavy atom. The SMILES string of the molecule is CCCCC(NC[C@@H](N)Cc1ccccc1)C(=O)NC1CC1. The van der Waals surface area contributed by atoms with Crippen LogP contribution >= 0.6 is 0 Å². The third-order valence-electron chi connectivity index (χ3n) is 4.05. The summed E-state index contributed by atoms with van der Waals surface area (Å²) in [5.74, 6) is 0.142. The predicted octanol–water partition coefficient (Wildman–Crippen LogP) is 1.98. The summed E-state index contributed by atoms with van der Waals surface area (Å²) in [5, 5.41) is 6.46. The molecule has 2 atom stereocenters. The van der Waals surface area contributed by atoms with Gasteiger partial charge in [0, 0.05) is 18.6 Å². The number of nitrogens with one attached hydrogen (secondary N) is 2. The summed E-state index contributed by atoms with van der Waals surface area (Å²) in [6.45, 7) is 2.82. The summed E-state index contributed by atoms with van der Waals surface area (Å²) in [5.41, 5.74) is 7.44. The van der Waals surface area contributed by atoms with Gasteiger partial charge in [0.15, 0.2) is 0 Å². The molecule has 0 aliphatic heterocycles. The first-order valence-electron chi connectivity index (χ1n) is 8.52. The summed E-state index contributed by atoms with van der Waals surface area (Å²) in [4.78, 5) is 12.3. The van der Waals surface area contributed by atoms with Crippen molar-refractivity contribution in [2.45, 2.75) is 63.6 Å². The van der Waals surface area contributed by atoms with E-state index >= 15 is 0 Å². The van der Waals surface area contributed by atoms with Gasteiger partial charge in [0.05, 0.1) is 6.04 Å². The Hall–Kier alpha value is -1.39. The second kappa shape index (κ2) is 8.91. The standard InChI is InChI=1S/C18H29N3O/c1-2-3-9-17(18(22)21-16-10-11-16)20-13-15(19)12-14-7-5-4-6-8-14/h4-8,15-17,20H,2-3,9-13,19H2,1H3,(H,21,22)/t15-,17?/m0/s1. The van der Waals surface area contributed by atoms with E-state index in [0.29, 0.717) is 12.6 Å². The zero-order valence-corrected chi connectivity index (χ0v) is 13.6. The normalized spacial score (nSPS) is 17.0. The van der Waals surface area contributed by atoms with Crippen LogP contribution in [0.25, 0.3) is 0 Å². The fraction of sp³-hybridized carbons (Fsp3) is 0.611. The molecular weight excluding hydrogens is 274 g/mol. The molecule has 1 fully saturated rings. The second-order valence-corrected chi connectivity index (χ2v) is 6.34. The molecule has 1 aliphatic rings. The molecule has 2 rings (SSSR count). The molecule has 4 heteroatoms. The monoisotopic (exact) mass is 303 g/mol. The van der Waals surface area contributed by atoms with Gasteiger partial charge < -0.3 is 16.4 Å². The molecule has 4 N–H and O–H groups in total. The molecule has 122 valence electrons. The molecule has 1 amide bonds. The van der Waals surface area contributed by atoms with Crippen LogP contribution in [0.15, 0.2) is 30.3 Å². The summed E-state index contributed by atoms with van der Waals surface area (Å²) >= 11 is 0. The molecule has 0 heterocycles. The summed E-state index contributed by atoms with van der Waals surface area (Å²) in [6.07, 6.45) is 6.12. The van der Waals surface area contributed by atoms with Crippen molar-refractivity contribution in [3.8, 4) is 0 Å². The first-order valence-corrected chi connectivity index (χ1v) is 8.52. The minimum atomic E-state index is -0.109. The molecule has 1 aromatic carbocycles. The van der Waals surface area contributed by atoms with Crippen LogP contribution in [0.3, 0.4) is 0 Å². The van der Waals surface area contributed by atoms with Gasteiger partial charge in [0.1, 0.15) is 0 Å². The van der Waals surface area contributed by atoms with Crippen molar-refractivity contribution in [2.75, 3.05) is 6.54 Å². The fourth-order valence-corrected chi connectivity index (χ4v) is 2.55. The van der Waals surface area contributed by atoms with E-state index in [4.69, 9.17) is 5.73 Å². The average Bonchev–Trinajstić information content (AvgIpc) is 3.32. The lowest BCUT2D eigenvalue weighted by atomic mass is 10.1. The van der Waals surface area contributed by atoms with Gasteiger partial charge in [0.2, 0.25) is 5.91 Å². The van der Waals surface area contributed by atoms with Crippen molar-refractivity contribution in [2.24, 2.45) is 5.73 Å². The highest BCUT2D eigenvalue weighted by Crippen LogP contribution is 2.19. The molecule has 0 bridgehead atoms. The van der Waals surface area contributed by atoms with Crippen molar-refractivity contribution in [1.29, 1.82) is 0 Å². The Labute approximate surface area is 133 Å². The highest BCUT2D eigenvalue weighted by atomic mass is 16.2. The second-order valence-electron chi connectivity index (χ2n) is 6.34. The van der Waals surface area contributed by atoms with Gasteiger partial charge in [-0.05, 0) is 31.2 Å². The third-order valence-corrected chi connectivity index (χ3v) is 4.05. The molecule has 0 spiro atoms. The van der Waals surface area contributed by atoms with Crippen LogP contribution in [0.5, 0.6) is 0 Å². The van der Waals surface area contributed by atoms with Gasteiger partial charge in [0.25, 0.3) is 0 Å². The largest absolute Gasteiger partial charge is 0.352 e. The van der Waals surface area contributed by atoms with Crippen LogP contribution in [-0.2, 0) is 11.2 Å². The number of carbonyl (C=O) groups excluding carboxylic acids is 1. The van der Waals surface area contributed by atoms with Crippen LogP contribution in [0.1, 0.15) is 44.6 Å². The third kappa shape index (κ3) is 6.16. The smallest absolute Gasteiger partial charge is 0.237 e. The van der Waals surface area contributed by atoms with Crippen LogP contribution < -0.4 is 16.4 Å². The van der Waals surface area contributed by atoms with Gasteiger partial charge in [-0.15, -0.1) is 0 Å². The molecule has 4 nitrogen and oxygen atoms in total. The Balaban J connectivity index is 1.77. The molecular formula is C18H29N3O. The van der Waals surface area contributed by atoms with E-state index in [9.17, 15) is 4.79 Å². The van der Waals surface area contributed by atoms with Crippen molar-refractivity contribution in [3.63, 3.8) is 0 Å². The molecule has 0 radical (unpaired) electrons. The lowest BCUT2D eigenvalue weighted by Crippen LogP contribution is -2.49. The maximum Gasteiger partial charge on any atom is 0.237 e. The van der Waals surface area contributed by atoms with Crippen molar-refractivity contribution >= 4 is 5.91 Å². The minimum absolute atomic E-state index is 0.0280. The number of benzene rings is 1. The lowest BCUT2D eigenvalue weighted by Gasteiger charge is -2.21. The molecule has 1 aliphatic carbocycles. The minimum Gasteiger partial charge on any atom is -0.352 e. The quantitative estimate of drug-likeness (QED) is 0.619. The van der Waals surface area contributed by atoms with E-state index in [1.807, 2.05) is 18.2 Å². The van der Waals surface area contributed by atoms with Gasteiger partial charge in [-0.3, -0.25) is 4.79 Å². The topological polar surface area (TPSA) is 67.1 Å². The number of rotatable bonds is 10. The lowest BCUT2D eigenvalue weighted by molar-refractivity contribution is -0.123. The van der Waals surface area contributed by atoms with E-state index in [0.717, 1.165) is 38.5 Å². The zero-order valence-electron chi connectivity index (χ0n) is 13.6. The van der Waals surface area contributed by atoms with E-state index < -0.39 is 0 Å². The van der Waals surface area contributed by atoms with E-state index in [1.165, 1.54) is 5.56 Å². The van der Waals surface area contributed by atoms with Gasteiger partial charge in [-0.2, -0.15) is 0 Å². The maximum atomic E-state index is 12.3. The number of amides is 1. The van der Waals surface area contributed by atoms with Crippen LogP contribution in [0.4, 0.5) is 0 Å². The van der Waals surface area contributed by atoms with Crippen LogP contribution in [-0.4, -0.2) is 30.6 Å². The number of carbonyl (C=O) groups is 1. The number of hydrogen-bond acceptors (Lipinski definition) is 3. The van der Waals surface area contributed by atoms with Crippen molar-refractivity contribution < 1.29 is 4.79 Å². The van der Waals surface area contributed by atoms with Crippen LogP contribution in [0, 0.1) is 0 Å². The molecule has 1 aromatic rings. The van der Waals surface area contributed by atoms with Gasteiger partial charge in [-0.25, -0.2) is 0 Å². The van der Waals surface area contributed by atoms with E-state index in [-0.39, 0.29) is 18.0 Å². The Kier molecular flexibility index (Phi) is 6.87. The van der Waals surface area contributed by atoms with Gasteiger partial charge >= 0.3 is 0 Å². The average molecular weight is 303 g/mol. The molecule has 1 saturated carbocycles. The Bertz CT molecular complexity index is 445. The fourth-order valence-electron chi connectivity index (χ4n) is 2.55. The van der Waals surface area contributed by atoms with Crippen molar-refractivity contribution in [3.05, 3.63) is 35.9 Å². The van der Waals surface area contributed by atoms with Crippen LogP contribution in [0.2, 0.25) is 0 Å². The van der Waals surface area contributed by atoms with Gasteiger partial charge in [-0.1, -0.05) is 50.1 Å². The molecule has 1 unspecified atom stereocenters. The highest BCUT2D eigenvalue weighted by molar-refractivity contribution is 5.82. The number of hydrogen-bond donors (Lipinski definition) is 3. The molecule has 0 aromatic heterocycles. The summed E-state index contributed by atoms with van der Waals surface area (Å²) in [6, 6.07) is 10.6. The predicted molar refractivity (Wildman–Crippen MR) is 90.6 cm³/mol. The molecule has 0 saturated heterocycles. The number of unbranched alkanes of at least 4 members (excludes halogenated alkanes) is 1. The molecule has 22 heavy (non-hydrogen) atoms. The number of nitrogens with two attached hydrogens (primary N) is 1. The first-order chi connectivity index (χ1) is 10.7. The Morgan fingerprint density at radius 1 is 1.32 bits per heavy atom. The van der Waals surface area contributed by atoms with Crippen molar-refractivity contribution in [1.82, 2.24) is 10.6 Å². The maximum absolute atomic E-state index is 12.3. The van der Waals surface area contributed by atoms with E-state index in [1.54, 1.807) is 0 Å².